The Bertz CT molecular complexity index is 909. The van der Waals surface area contributed by atoms with Crippen LogP contribution in [0.5, 0.6) is 0 Å². The quantitative estimate of drug-likeness (QED) is 0.599. The predicted octanol–water partition coefficient (Wildman–Crippen LogP) is 4.77. The number of benzene rings is 2. The summed E-state index contributed by atoms with van der Waals surface area (Å²) in [5.41, 5.74) is 6.48. The first kappa shape index (κ1) is 11.2. The molecule has 1 aromatic heterocycles. The van der Waals surface area contributed by atoms with E-state index in [0.717, 1.165) is 33.5 Å². The van der Waals surface area contributed by atoms with E-state index in [1.807, 2.05) is 61.0 Å². The summed E-state index contributed by atoms with van der Waals surface area (Å²) in [6.07, 6.45) is 1.74. The Kier molecular flexibility index (Phi) is 2.93. The van der Waals surface area contributed by atoms with E-state index in [9.17, 15) is 0 Å². The molecular formula is C21H22N+. The molecule has 110 valence electrons. The Hall–Kier alpha value is -2.41. The van der Waals surface area contributed by atoms with E-state index in [1.165, 1.54) is 0 Å². The number of pyridine rings is 1. The average Bonchev–Trinajstić information content (AvgIpc) is 2.55. The summed E-state index contributed by atoms with van der Waals surface area (Å²) in [7, 11) is 1.90. The van der Waals surface area contributed by atoms with Crippen molar-refractivity contribution in [2.75, 3.05) is 0 Å². The van der Waals surface area contributed by atoms with Crippen molar-refractivity contribution in [2.45, 2.75) is 20.7 Å². The first-order valence-corrected chi connectivity index (χ1v) is 7.44. The van der Waals surface area contributed by atoms with Gasteiger partial charge < -0.3 is 0 Å². The van der Waals surface area contributed by atoms with Crippen molar-refractivity contribution in [3.8, 4) is 22.4 Å². The zero-order valence-electron chi connectivity index (χ0n) is 16.2. The highest BCUT2D eigenvalue weighted by Crippen LogP contribution is 2.28. The molecule has 1 heteroatoms. The third kappa shape index (κ3) is 2.67. The van der Waals surface area contributed by atoms with Crippen LogP contribution in [0.2, 0.25) is 0 Å². The summed E-state index contributed by atoms with van der Waals surface area (Å²) < 4.78 is 25.7. The number of hydrogen-bond donors (Lipinski definition) is 0. The van der Waals surface area contributed by atoms with Gasteiger partial charge >= 0.3 is 0 Å². The van der Waals surface area contributed by atoms with Gasteiger partial charge in [0.15, 0.2) is 6.20 Å². The van der Waals surface area contributed by atoms with E-state index in [-0.39, 0.29) is 0 Å². The van der Waals surface area contributed by atoms with Gasteiger partial charge in [-0.15, -0.1) is 0 Å². The minimum atomic E-state index is -2.16. The fourth-order valence-electron chi connectivity index (χ4n) is 2.75. The second-order valence-corrected chi connectivity index (χ2v) is 5.78. The van der Waals surface area contributed by atoms with Crippen LogP contribution < -0.4 is 4.57 Å². The molecule has 0 N–H and O–H groups in total. The van der Waals surface area contributed by atoms with Crippen LogP contribution in [0.15, 0.2) is 60.8 Å². The van der Waals surface area contributed by atoms with E-state index in [1.54, 1.807) is 6.20 Å². The van der Waals surface area contributed by atoms with Gasteiger partial charge in [0.2, 0.25) is 5.69 Å². The number of rotatable bonds is 2. The first-order chi connectivity index (χ1) is 11.8. The zero-order chi connectivity index (χ0) is 18.2. The molecule has 0 atom stereocenters. The lowest BCUT2D eigenvalue weighted by atomic mass is 9.97. The zero-order valence-corrected chi connectivity index (χ0v) is 13.2. The maximum atomic E-state index is 7.94. The molecule has 0 saturated carbocycles. The van der Waals surface area contributed by atoms with E-state index >= 15 is 0 Å². The summed E-state index contributed by atoms with van der Waals surface area (Å²) >= 11 is 0. The molecular weight excluding hydrogens is 266 g/mol. The van der Waals surface area contributed by atoms with Crippen molar-refractivity contribution in [3.05, 3.63) is 77.5 Å². The van der Waals surface area contributed by atoms with Crippen LogP contribution in [0.4, 0.5) is 0 Å². The van der Waals surface area contributed by atoms with Crippen molar-refractivity contribution < 1.29 is 8.68 Å². The fraction of sp³-hybridized carbons (Fsp3) is 0.190. The minimum Gasteiger partial charge on any atom is -0.201 e. The summed E-state index contributed by atoms with van der Waals surface area (Å²) in [4.78, 5) is 0. The largest absolute Gasteiger partial charge is 0.213 e. The maximum Gasteiger partial charge on any atom is 0.213 e. The third-order valence-corrected chi connectivity index (χ3v) is 4.06. The second kappa shape index (κ2) is 5.76. The highest BCUT2D eigenvalue weighted by Gasteiger charge is 2.16. The molecule has 1 nitrogen and oxygen atoms in total. The topological polar surface area (TPSA) is 3.88 Å². The van der Waals surface area contributed by atoms with E-state index in [4.69, 9.17) is 4.11 Å². The van der Waals surface area contributed by atoms with Crippen LogP contribution in [0, 0.1) is 20.7 Å². The van der Waals surface area contributed by atoms with E-state index in [0.29, 0.717) is 5.56 Å². The average molecular weight is 291 g/mol. The summed E-state index contributed by atoms with van der Waals surface area (Å²) in [6, 6.07) is 18.1. The van der Waals surface area contributed by atoms with Crippen LogP contribution in [0.1, 0.15) is 20.8 Å². The van der Waals surface area contributed by atoms with Crippen LogP contribution in [-0.4, -0.2) is 0 Å². The predicted molar refractivity (Wildman–Crippen MR) is 92.7 cm³/mol. The van der Waals surface area contributed by atoms with Crippen molar-refractivity contribution in [1.29, 1.82) is 0 Å². The summed E-state index contributed by atoms with van der Waals surface area (Å²) in [6.45, 7) is 1.93. The van der Waals surface area contributed by atoms with Crippen molar-refractivity contribution >= 4 is 0 Å². The molecule has 0 radical (unpaired) electrons. The Morgan fingerprint density at radius 1 is 0.864 bits per heavy atom. The molecule has 0 amide bonds. The lowest BCUT2D eigenvalue weighted by Crippen LogP contribution is -2.31. The van der Waals surface area contributed by atoms with Gasteiger partial charge in [-0.2, -0.15) is 0 Å². The minimum absolute atomic E-state index is 0.371. The molecule has 0 aliphatic rings. The number of aromatic nitrogens is 1. The summed E-state index contributed by atoms with van der Waals surface area (Å²) in [5.74, 6) is 0. The number of nitrogens with zero attached hydrogens (tertiary/aromatic N) is 1. The van der Waals surface area contributed by atoms with Crippen LogP contribution >= 0.6 is 0 Å². The third-order valence-electron chi connectivity index (χ3n) is 4.06. The Morgan fingerprint density at radius 3 is 2.27 bits per heavy atom. The molecule has 1 heterocycles. The lowest BCUT2D eigenvalue weighted by Gasteiger charge is -2.10. The van der Waals surface area contributed by atoms with Gasteiger partial charge in [0.05, 0.1) is 0 Å². The molecule has 0 aliphatic carbocycles. The normalized spacial score (nSPS) is 13.3. The SMILES string of the molecule is [2H]C([2H])([2H])c1c[n+](C)c(-c2ccccc2C)cc1-c1ccc(C)cc1. The van der Waals surface area contributed by atoms with Crippen LogP contribution in [0.3, 0.4) is 0 Å². The van der Waals surface area contributed by atoms with Gasteiger partial charge in [0.1, 0.15) is 7.05 Å². The molecule has 0 bridgehead atoms. The molecule has 2 aromatic carbocycles. The van der Waals surface area contributed by atoms with E-state index in [2.05, 4.69) is 19.1 Å². The van der Waals surface area contributed by atoms with E-state index < -0.39 is 6.85 Å². The molecule has 22 heavy (non-hydrogen) atoms. The van der Waals surface area contributed by atoms with Gasteiger partial charge in [0, 0.05) is 21.3 Å². The van der Waals surface area contributed by atoms with Gasteiger partial charge in [-0.3, -0.25) is 0 Å². The van der Waals surface area contributed by atoms with Crippen LogP contribution in [-0.2, 0) is 7.05 Å². The van der Waals surface area contributed by atoms with Crippen molar-refractivity contribution in [2.24, 2.45) is 7.05 Å². The fourth-order valence-corrected chi connectivity index (χ4v) is 2.75. The maximum absolute atomic E-state index is 7.94. The molecule has 0 aliphatic heterocycles. The van der Waals surface area contributed by atoms with Gasteiger partial charge in [-0.05, 0) is 43.5 Å². The molecule has 0 spiro atoms. The first-order valence-electron chi connectivity index (χ1n) is 8.94. The monoisotopic (exact) mass is 291 g/mol. The lowest BCUT2D eigenvalue weighted by molar-refractivity contribution is -0.660. The van der Waals surface area contributed by atoms with Crippen LogP contribution in [0.25, 0.3) is 22.4 Å². The molecule has 3 rings (SSSR count). The Morgan fingerprint density at radius 2 is 1.59 bits per heavy atom. The Labute approximate surface area is 137 Å². The number of hydrogen-bond acceptors (Lipinski definition) is 0. The van der Waals surface area contributed by atoms with Gasteiger partial charge in [0.25, 0.3) is 0 Å². The smallest absolute Gasteiger partial charge is 0.201 e. The summed E-state index contributed by atoms with van der Waals surface area (Å²) in [5, 5.41) is 0. The van der Waals surface area contributed by atoms with Gasteiger partial charge in [-0.1, -0.05) is 48.0 Å². The van der Waals surface area contributed by atoms with Crippen molar-refractivity contribution in [1.82, 2.24) is 0 Å². The van der Waals surface area contributed by atoms with Crippen molar-refractivity contribution in [3.63, 3.8) is 0 Å². The highest BCUT2D eigenvalue weighted by atomic mass is 14.9. The number of aryl methyl sites for hydroxylation is 4. The second-order valence-electron chi connectivity index (χ2n) is 5.78. The van der Waals surface area contributed by atoms with Gasteiger partial charge in [-0.25, -0.2) is 4.57 Å². The molecule has 3 aromatic rings. The Balaban J connectivity index is 2.29. The highest BCUT2D eigenvalue weighted by molar-refractivity contribution is 5.72. The standard InChI is InChI=1S/C21H22N/c1-15-9-11-18(12-10-15)20-13-21(22(4)14-17(20)3)19-8-6-5-7-16(19)2/h5-14H,1-4H3/q+1/i3D3. The molecule has 0 unspecified atom stereocenters. The molecule has 0 saturated heterocycles. The molecule has 0 fully saturated rings.